The fourth-order valence-electron chi connectivity index (χ4n) is 1.29. The maximum Gasteiger partial charge on any atom is 0.221 e. The van der Waals surface area contributed by atoms with Gasteiger partial charge in [0.2, 0.25) is 5.91 Å². The van der Waals surface area contributed by atoms with Gasteiger partial charge in [0.15, 0.2) is 0 Å². The summed E-state index contributed by atoms with van der Waals surface area (Å²) in [5.74, 6) is -0.353. The van der Waals surface area contributed by atoms with Crippen LogP contribution in [0.25, 0.3) is 0 Å². The van der Waals surface area contributed by atoms with Crippen LogP contribution in [0.15, 0.2) is 22.7 Å². The van der Waals surface area contributed by atoms with Gasteiger partial charge in [0.25, 0.3) is 0 Å². The average molecular weight is 326 g/mol. The minimum atomic E-state index is -0.253. The number of carbonyl (C=O) groups is 1. The molecule has 0 heterocycles. The molecule has 0 aliphatic heterocycles. The van der Waals surface area contributed by atoms with Crippen LogP contribution in [-0.4, -0.2) is 19.0 Å². The maximum absolute atomic E-state index is 13.3. The van der Waals surface area contributed by atoms with E-state index < -0.39 is 0 Å². The maximum atomic E-state index is 13.3. The number of rotatable bonds is 5. The molecule has 0 saturated carbocycles. The summed E-state index contributed by atoms with van der Waals surface area (Å²) in [5, 5.41) is 2.68. The first-order chi connectivity index (χ1) is 7.63. The first-order valence-electron chi connectivity index (χ1n) is 5.04. The van der Waals surface area contributed by atoms with Crippen molar-refractivity contribution in [1.29, 1.82) is 0 Å². The van der Waals surface area contributed by atoms with E-state index in [9.17, 15) is 9.18 Å². The molecule has 3 nitrogen and oxygen atoms in total. The Morgan fingerprint density at radius 3 is 2.82 bits per heavy atom. The minimum absolute atomic E-state index is 0. The molecule has 1 aromatic carbocycles. The normalized spacial score (nSPS) is 9.59. The lowest BCUT2D eigenvalue weighted by Gasteiger charge is -2.06. The molecule has 1 aromatic rings. The summed E-state index contributed by atoms with van der Waals surface area (Å²) >= 11 is 3.27. The largest absolute Gasteiger partial charge is 0.356 e. The summed E-state index contributed by atoms with van der Waals surface area (Å²) in [6.07, 6.45) is 0.780. The number of nitrogens with two attached hydrogens (primary N) is 1. The van der Waals surface area contributed by atoms with Gasteiger partial charge >= 0.3 is 0 Å². The Kier molecular flexibility index (Phi) is 8.12. The van der Waals surface area contributed by atoms with Crippen LogP contribution in [0.2, 0.25) is 0 Å². The van der Waals surface area contributed by atoms with Gasteiger partial charge in [-0.15, -0.1) is 12.4 Å². The van der Waals surface area contributed by atoms with E-state index in [0.717, 1.165) is 4.47 Å². The fourth-order valence-corrected chi connectivity index (χ4v) is 1.70. The molecule has 0 aliphatic rings. The number of carbonyl (C=O) groups excluding carboxylic acids is 1. The van der Waals surface area contributed by atoms with Gasteiger partial charge in [0.05, 0.1) is 0 Å². The summed E-state index contributed by atoms with van der Waals surface area (Å²) in [5.41, 5.74) is 5.81. The molecule has 0 radical (unpaired) electrons. The van der Waals surface area contributed by atoms with Crippen LogP contribution in [0.1, 0.15) is 12.0 Å². The van der Waals surface area contributed by atoms with Crippen molar-refractivity contribution in [2.45, 2.75) is 12.8 Å². The van der Waals surface area contributed by atoms with E-state index in [0.29, 0.717) is 31.5 Å². The highest BCUT2D eigenvalue weighted by atomic mass is 79.9. The van der Waals surface area contributed by atoms with Gasteiger partial charge < -0.3 is 11.1 Å². The zero-order chi connectivity index (χ0) is 12.0. The third-order valence-corrected chi connectivity index (χ3v) is 2.59. The van der Waals surface area contributed by atoms with Gasteiger partial charge in [0.1, 0.15) is 5.82 Å². The zero-order valence-electron chi connectivity index (χ0n) is 9.21. The third kappa shape index (κ3) is 6.00. The lowest BCUT2D eigenvalue weighted by Crippen LogP contribution is -2.27. The molecule has 1 amide bonds. The first kappa shape index (κ1) is 16.4. The fraction of sp³-hybridized carbons (Fsp3) is 0.364. The second-order valence-electron chi connectivity index (χ2n) is 3.37. The van der Waals surface area contributed by atoms with Crippen molar-refractivity contribution in [2.24, 2.45) is 5.73 Å². The van der Waals surface area contributed by atoms with E-state index in [4.69, 9.17) is 5.73 Å². The summed E-state index contributed by atoms with van der Waals surface area (Å²) in [4.78, 5) is 11.1. The van der Waals surface area contributed by atoms with Gasteiger partial charge in [-0.2, -0.15) is 0 Å². The van der Waals surface area contributed by atoms with E-state index in [1.165, 1.54) is 6.07 Å². The predicted molar refractivity (Wildman–Crippen MR) is 71.7 cm³/mol. The van der Waals surface area contributed by atoms with E-state index in [2.05, 4.69) is 21.2 Å². The first-order valence-corrected chi connectivity index (χ1v) is 5.83. The van der Waals surface area contributed by atoms with Crippen molar-refractivity contribution in [1.82, 2.24) is 5.32 Å². The van der Waals surface area contributed by atoms with Crippen LogP contribution in [0.5, 0.6) is 0 Å². The molecule has 0 fully saturated rings. The molecule has 0 aliphatic carbocycles. The van der Waals surface area contributed by atoms with Crippen molar-refractivity contribution < 1.29 is 9.18 Å². The molecule has 0 unspecified atom stereocenters. The highest BCUT2D eigenvalue weighted by Gasteiger charge is 2.04. The Labute approximate surface area is 114 Å². The van der Waals surface area contributed by atoms with Gasteiger partial charge in [-0.25, -0.2) is 4.39 Å². The van der Waals surface area contributed by atoms with Gasteiger partial charge in [-0.1, -0.05) is 15.9 Å². The standard InChI is InChI=1S/C11H14BrFN2O.ClH/c12-9-1-2-10(13)8(7-9)4-6-15-11(16)3-5-14;/h1-2,7H,3-6,14H2,(H,15,16);1H. The number of amides is 1. The topological polar surface area (TPSA) is 55.1 Å². The van der Waals surface area contributed by atoms with E-state index >= 15 is 0 Å². The lowest BCUT2D eigenvalue weighted by molar-refractivity contribution is -0.120. The SMILES string of the molecule is Cl.NCCC(=O)NCCc1cc(Br)ccc1F. The zero-order valence-corrected chi connectivity index (χ0v) is 11.6. The number of hydrogen-bond acceptors (Lipinski definition) is 2. The number of hydrogen-bond donors (Lipinski definition) is 2. The summed E-state index contributed by atoms with van der Waals surface area (Å²) in [7, 11) is 0. The highest BCUT2D eigenvalue weighted by Crippen LogP contribution is 2.15. The Morgan fingerprint density at radius 2 is 2.18 bits per heavy atom. The summed E-state index contributed by atoms with van der Waals surface area (Å²) < 4.78 is 14.1. The lowest BCUT2D eigenvalue weighted by atomic mass is 10.1. The highest BCUT2D eigenvalue weighted by molar-refractivity contribution is 9.10. The van der Waals surface area contributed by atoms with Crippen molar-refractivity contribution in [3.8, 4) is 0 Å². The predicted octanol–water partition coefficient (Wildman–Crippen LogP) is 2.02. The number of halogens is 3. The van der Waals surface area contributed by atoms with Crippen molar-refractivity contribution >= 4 is 34.2 Å². The van der Waals surface area contributed by atoms with Crippen LogP contribution in [0.3, 0.4) is 0 Å². The number of nitrogens with one attached hydrogen (secondary N) is 1. The molecular weight excluding hydrogens is 310 g/mol. The van der Waals surface area contributed by atoms with Crippen molar-refractivity contribution in [3.63, 3.8) is 0 Å². The summed E-state index contributed by atoms with van der Waals surface area (Å²) in [6.45, 7) is 0.753. The quantitative estimate of drug-likeness (QED) is 0.870. The molecule has 1 rings (SSSR count). The monoisotopic (exact) mass is 324 g/mol. The van der Waals surface area contributed by atoms with Crippen LogP contribution < -0.4 is 11.1 Å². The minimum Gasteiger partial charge on any atom is -0.356 e. The molecule has 0 atom stereocenters. The molecule has 0 spiro atoms. The molecular formula is C11H15BrClFN2O. The van der Waals surface area contributed by atoms with Gasteiger partial charge in [-0.3, -0.25) is 4.79 Å². The van der Waals surface area contributed by atoms with Crippen molar-refractivity contribution in [2.75, 3.05) is 13.1 Å². The average Bonchev–Trinajstić information content (AvgIpc) is 2.23. The van der Waals surface area contributed by atoms with Crippen molar-refractivity contribution in [3.05, 3.63) is 34.1 Å². The van der Waals surface area contributed by atoms with Crippen LogP contribution in [0, 0.1) is 5.82 Å². The molecule has 3 N–H and O–H groups in total. The molecule has 17 heavy (non-hydrogen) atoms. The van der Waals surface area contributed by atoms with Crippen LogP contribution in [0.4, 0.5) is 4.39 Å². The number of benzene rings is 1. The third-order valence-electron chi connectivity index (χ3n) is 2.10. The second-order valence-corrected chi connectivity index (χ2v) is 4.29. The van der Waals surface area contributed by atoms with Gasteiger partial charge in [0, 0.05) is 24.0 Å². The second kappa shape index (κ2) is 8.44. The van der Waals surface area contributed by atoms with Gasteiger partial charge in [-0.05, 0) is 30.2 Å². The molecule has 96 valence electrons. The van der Waals surface area contributed by atoms with E-state index in [1.54, 1.807) is 12.1 Å². The smallest absolute Gasteiger partial charge is 0.221 e. The molecule has 6 heteroatoms. The Morgan fingerprint density at radius 1 is 1.47 bits per heavy atom. The molecule has 0 bridgehead atoms. The van der Waals surface area contributed by atoms with E-state index in [1.807, 2.05) is 0 Å². The Bertz CT molecular complexity index is 376. The molecule has 0 aromatic heterocycles. The Balaban J connectivity index is 0.00000256. The molecule has 0 saturated heterocycles. The van der Waals surface area contributed by atoms with Crippen LogP contribution >= 0.6 is 28.3 Å². The Hall–Kier alpha value is -0.650. The summed E-state index contributed by atoms with van der Waals surface area (Å²) in [6, 6.07) is 4.76. The van der Waals surface area contributed by atoms with Crippen LogP contribution in [-0.2, 0) is 11.2 Å². The van der Waals surface area contributed by atoms with E-state index in [-0.39, 0.29) is 24.1 Å².